The predicted octanol–water partition coefficient (Wildman–Crippen LogP) is -0.407. The van der Waals surface area contributed by atoms with Crippen LogP contribution in [0.25, 0.3) is 0 Å². The zero-order chi connectivity index (χ0) is 11.3. The second kappa shape index (κ2) is 4.81. The number of hydrogen-bond donors (Lipinski definition) is 2. The summed E-state index contributed by atoms with van der Waals surface area (Å²) < 4.78 is 9.91. The molecule has 6 heteroatoms. The minimum atomic E-state index is -1.30. The van der Waals surface area contributed by atoms with Crippen LogP contribution in [0.5, 0.6) is 0 Å². The van der Waals surface area contributed by atoms with Gasteiger partial charge in [0.15, 0.2) is 0 Å². The number of epoxide rings is 1. The number of fused-ring (bicyclic) bond motifs is 1. The fourth-order valence-corrected chi connectivity index (χ4v) is 2.43. The van der Waals surface area contributed by atoms with Gasteiger partial charge in [-0.25, -0.2) is 0 Å². The largest absolute Gasteiger partial charge is 0.469 e. The first-order valence-electron chi connectivity index (χ1n) is 5.06. The van der Waals surface area contributed by atoms with E-state index in [1.54, 1.807) is 6.92 Å². The van der Waals surface area contributed by atoms with Crippen LogP contribution in [0.3, 0.4) is 0 Å². The summed E-state index contributed by atoms with van der Waals surface area (Å²) in [6.45, 7) is 1.77. The summed E-state index contributed by atoms with van der Waals surface area (Å²) in [5.41, 5.74) is -2.00. The Kier molecular flexibility index (Phi) is 4.47. The normalized spacial score (nSPS) is 45.2. The number of aliphatic hydroxyl groups is 2. The quantitative estimate of drug-likeness (QED) is 0.449. The smallest absolute Gasteiger partial charge is 0.308 e. The summed E-state index contributed by atoms with van der Waals surface area (Å²) in [6, 6.07) is 0. The van der Waals surface area contributed by atoms with Crippen LogP contribution in [0.2, 0.25) is 0 Å². The first-order valence-corrected chi connectivity index (χ1v) is 5.06. The Morgan fingerprint density at radius 2 is 2.25 bits per heavy atom. The van der Waals surface area contributed by atoms with Crippen LogP contribution in [-0.2, 0) is 14.3 Å². The van der Waals surface area contributed by atoms with Gasteiger partial charge in [0.1, 0.15) is 11.2 Å². The molecule has 0 amide bonds. The van der Waals surface area contributed by atoms with Crippen molar-refractivity contribution < 1.29 is 68.5 Å². The van der Waals surface area contributed by atoms with Gasteiger partial charge in [0.25, 0.3) is 0 Å². The standard InChI is InChI=1S/C10H16O5.Ac/c1-9-7(15-9)3-6(11)4-10(9,13)5-8(12)14-2;/h6-7,11,13H,3-5H2,1-2H3;/t6?,7?,9?,10-;/m1./s1. The van der Waals surface area contributed by atoms with Gasteiger partial charge in [-0.3, -0.25) is 4.79 Å². The van der Waals surface area contributed by atoms with E-state index in [-0.39, 0.29) is 63.0 Å². The van der Waals surface area contributed by atoms with Crippen molar-refractivity contribution in [1.29, 1.82) is 0 Å². The van der Waals surface area contributed by atoms with Crippen molar-refractivity contribution in [1.82, 2.24) is 0 Å². The Morgan fingerprint density at radius 1 is 1.62 bits per heavy atom. The number of carbonyl (C=O) groups excluding carboxylic acids is 1. The number of rotatable bonds is 2. The zero-order valence-corrected chi connectivity index (χ0v) is 14.2. The predicted molar refractivity (Wildman–Crippen MR) is 50.1 cm³/mol. The second-order valence-electron chi connectivity index (χ2n) is 4.59. The molecule has 2 aliphatic rings. The molecule has 5 nitrogen and oxygen atoms in total. The maximum Gasteiger partial charge on any atom is 0.308 e. The van der Waals surface area contributed by atoms with Crippen molar-refractivity contribution >= 4 is 5.97 Å². The molecule has 1 aliphatic carbocycles. The Bertz CT molecular complexity index is 297. The number of aliphatic hydroxyl groups excluding tert-OH is 1. The molecule has 0 spiro atoms. The molecule has 1 saturated heterocycles. The summed E-state index contributed by atoms with van der Waals surface area (Å²) >= 11 is 0. The topological polar surface area (TPSA) is 79.3 Å². The SMILES string of the molecule is COC(=O)C[C@]1(O)CC(O)CC2OC21C.[Ac]. The molecule has 2 rings (SSSR count). The van der Waals surface area contributed by atoms with E-state index in [4.69, 9.17) is 4.74 Å². The summed E-state index contributed by atoms with van der Waals surface area (Å²) in [7, 11) is 1.28. The van der Waals surface area contributed by atoms with Gasteiger partial charge in [0.2, 0.25) is 0 Å². The fourth-order valence-electron chi connectivity index (χ4n) is 2.43. The second-order valence-corrected chi connectivity index (χ2v) is 4.59. The van der Waals surface area contributed by atoms with Crippen molar-refractivity contribution in [2.75, 3.05) is 7.11 Å². The molecular weight excluding hydrogens is 427 g/mol. The van der Waals surface area contributed by atoms with Gasteiger partial charge in [0, 0.05) is 56.9 Å². The third kappa shape index (κ3) is 2.32. The van der Waals surface area contributed by atoms with E-state index >= 15 is 0 Å². The molecule has 3 unspecified atom stereocenters. The van der Waals surface area contributed by atoms with Gasteiger partial charge in [-0.15, -0.1) is 0 Å². The molecule has 0 bridgehead atoms. The minimum Gasteiger partial charge on any atom is -0.469 e. The summed E-state index contributed by atoms with van der Waals surface area (Å²) in [6.07, 6.45) is -0.195. The summed E-state index contributed by atoms with van der Waals surface area (Å²) in [4.78, 5) is 11.2. The monoisotopic (exact) mass is 443 g/mol. The van der Waals surface area contributed by atoms with Crippen LogP contribution < -0.4 is 0 Å². The molecule has 2 fully saturated rings. The average molecular weight is 443 g/mol. The molecule has 0 aromatic rings. The van der Waals surface area contributed by atoms with E-state index in [9.17, 15) is 15.0 Å². The van der Waals surface area contributed by atoms with Gasteiger partial charge >= 0.3 is 5.97 Å². The van der Waals surface area contributed by atoms with Crippen LogP contribution in [0.15, 0.2) is 0 Å². The molecule has 1 saturated carbocycles. The van der Waals surface area contributed by atoms with Gasteiger partial charge in [-0.1, -0.05) is 0 Å². The molecule has 4 atom stereocenters. The Balaban J connectivity index is 0.00000128. The van der Waals surface area contributed by atoms with Crippen LogP contribution >= 0.6 is 0 Å². The molecule has 0 aromatic heterocycles. The molecule has 1 aliphatic heterocycles. The number of methoxy groups -OCH3 is 1. The minimum absolute atomic E-state index is 0. The molecule has 2 N–H and O–H groups in total. The first-order chi connectivity index (χ1) is 6.91. The van der Waals surface area contributed by atoms with Gasteiger partial charge in [-0.2, -0.15) is 0 Å². The number of esters is 1. The molecule has 89 valence electrons. The number of carbonyl (C=O) groups is 1. The average Bonchev–Trinajstić information content (AvgIpc) is 2.77. The Labute approximate surface area is 130 Å². The van der Waals surface area contributed by atoms with E-state index < -0.39 is 23.3 Å². The molecule has 1 heterocycles. The van der Waals surface area contributed by atoms with Crippen molar-refractivity contribution in [3.05, 3.63) is 0 Å². The van der Waals surface area contributed by atoms with Gasteiger partial charge < -0.3 is 19.7 Å². The zero-order valence-electron chi connectivity index (χ0n) is 9.47. The molecular formula is C10H16AcO5. The molecule has 16 heavy (non-hydrogen) atoms. The van der Waals surface area contributed by atoms with Gasteiger partial charge in [0.05, 0.1) is 25.7 Å². The number of ether oxygens (including phenoxy) is 2. The van der Waals surface area contributed by atoms with Crippen LogP contribution in [0.4, 0.5) is 0 Å². The Hall–Kier alpha value is 0.792. The van der Waals surface area contributed by atoms with E-state index in [1.807, 2.05) is 0 Å². The van der Waals surface area contributed by atoms with Gasteiger partial charge in [-0.05, 0) is 6.92 Å². The third-order valence-corrected chi connectivity index (χ3v) is 3.59. The van der Waals surface area contributed by atoms with Crippen LogP contribution in [0, 0.1) is 44.1 Å². The number of hydrogen-bond acceptors (Lipinski definition) is 5. The fraction of sp³-hybridized carbons (Fsp3) is 0.900. The van der Waals surface area contributed by atoms with E-state index in [2.05, 4.69) is 4.74 Å². The van der Waals surface area contributed by atoms with Crippen molar-refractivity contribution in [2.24, 2.45) is 0 Å². The van der Waals surface area contributed by atoms with Crippen molar-refractivity contribution in [3.63, 3.8) is 0 Å². The first kappa shape index (κ1) is 14.9. The van der Waals surface area contributed by atoms with Crippen molar-refractivity contribution in [2.45, 2.75) is 49.6 Å². The molecule has 1 radical (unpaired) electrons. The van der Waals surface area contributed by atoms with Crippen LogP contribution in [-0.4, -0.2) is 46.7 Å². The van der Waals surface area contributed by atoms with E-state index in [0.29, 0.717) is 6.42 Å². The van der Waals surface area contributed by atoms with E-state index in [1.165, 1.54) is 7.11 Å². The summed E-state index contributed by atoms with van der Waals surface area (Å²) in [5, 5.41) is 19.9. The molecule has 0 aromatic carbocycles. The van der Waals surface area contributed by atoms with Crippen molar-refractivity contribution in [3.8, 4) is 0 Å². The Morgan fingerprint density at radius 3 is 2.81 bits per heavy atom. The summed E-state index contributed by atoms with van der Waals surface area (Å²) in [5.74, 6) is -0.484. The third-order valence-electron chi connectivity index (χ3n) is 3.59. The maximum absolute atomic E-state index is 11.2. The van der Waals surface area contributed by atoms with E-state index in [0.717, 1.165) is 0 Å². The van der Waals surface area contributed by atoms with Crippen LogP contribution in [0.1, 0.15) is 26.2 Å². The maximum atomic E-state index is 11.2.